The standard InChI is InChI=1S/C14H24N2O2/c1-4-16(5-2)11-7-8-12(13(15)10-17)14(9-11)18-6-3/h7-9,13,17H,4-6,10,15H2,1-3H3/t13-/m1/s1. The molecule has 0 aliphatic heterocycles. The van der Waals surface area contributed by atoms with Crippen molar-refractivity contribution in [2.45, 2.75) is 26.8 Å². The number of ether oxygens (including phenoxy) is 1. The van der Waals surface area contributed by atoms with E-state index in [1.54, 1.807) is 0 Å². The lowest BCUT2D eigenvalue weighted by Crippen LogP contribution is -2.22. The summed E-state index contributed by atoms with van der Waals surface area (Å²) in [6, 6.07) is 5.58. The van der Waals surface area contributed by atoms with Crippen LogP contribution in [0.3, 0.4) is 0 Å². The van der Waals surface area contributed by atoms with Gasteiger partial charge in [0.15, 0.2) is 0 Å². The molecule has 1 aromatic carbocycles. The first-order chi connectivity index (χ1) is 8.67. The highest BCUT2D eigenvalue weighted by Gasteiger charge is 2.13. The Hall–Kier alpha value is -1.26. The van der Waals surface area contributed by atoms with E-state index in [0.29, 0.717) is 6.61 Å². The van der Waals surface area contributed by atoms with Crippen LogP contribution in [0.4, 0.5) is 5.69 Å². The van der Waals surface area contributed by atoms with Crippen molar-refractivity contribution < 1.29 is 9.84 Å². The Balaban J connectivity index is 3.09. The van der Waals surface area contributed by atoms with Crippen LogP contribution < -0.4 is 15.4 Å². The maximum atomic E-state index is 9.16. The van der Waals surface area contributed by atoms with Gasteiger partial charge in [0.2, 0.25) is 0 Å². The van der Waals surface area contributed by atoms with Crippen LogP contribution in [0.2, 0.25) is 0 Å². The smallest absolute Gasteiger partial charge is 0.126 e. The zero-order chi connectivity index (χ0) is 13.5. The van der Waals surface area contributed by atoms with E-state index in [1.165, 1.54) is 0 Å². The van der Waals surface area contributed by atoms with Gasteiger partial charge in [-0.05, 0) is 26.8 Å². The highest BCUT2D eigenvalue weighted by Crippen LogP contribution is 2.29. The first-order valence-electron chi connectivity index (χ1n) is 6.55. The van der Waals surface area contributed by atoms with Gasteiger partial charge < -0.3 is 20.5 Å². The summed E-state index contributed by atoms with van der Waals surface area (Å²) in [4.78, 5) is 2.25. The lowest BCUT2D eigenvalue weighted by molar-refractivity contribution is 0.261. The van der Waals surface area contributed by atoms with E-state index in [0.717, 1.165) is 30.1 Å². The van der Waals surface area contributed by atoms with Crippen molar-refractivity contribution in [1.29, 1.82) is 0 Å². The Kier molecular flexibility index (Phi) is 5.95. The van der Waals surface area contributed by atoms with E-state index in [2.05, 4.69) is 18.7 Å². The van der Waals surface area contributed by atoms with Crippen LogP contribution in [0.25, 0.3) is 0 Å². The average Bonchev–Trinajstić information content (AvgIpc) is 2.40. The molecule has 0 amide bonds. The van der Waals surface area contributed by atoms with Crippen LogP contribution in [-0.4, -0.2) is 31.4 Å². The number of nitrogens with two attached hydrogens (primary N) is 1. The lowest BCUT2D eigenvalue weighted by atomic mass is 10.1. The molecular weight excluding hydrogens is 228 g/mol. The molecule has 0 spiro atoms. The van der Waals surface area contributed by atoms with Gasteiger partial charge in [0, 0.05) is 30.4 Å². The number of benzene rings is 1. The first kappa shape index (κ1) is 14.8. The van der Waals surface area contributed by atoms with E-state index < -0.39 is 6.04 Å². The first-order valence-corrected chi connectivity index (χ1v) is 6.55. The summed E-state index contributed by atoms with van der Waals surface area (Å²) >= 11 is 0. The van der Waals surface area contributed by atoms with Crippen molar-refractivity contribution >= 4 is 5.69 Å². The van der Waals surface area contributed by atoms with Crippen LogP contribution in [-0.2, 0) is 0 Å². The fourth-order valence-corrected chi connectivity index (χ4v) is 1.99. The zero-order valence-corrected chi connectivity index (χ0v) is 11.5. The van der Waals surface area contributed by atoms with Gasteiger partial charge in [-0.3, -0.25) is 0 Å². The Morgan fingerprint density at radius 3 is 2.44 bits per heavy atom. The number of nitrogens with zero attached hydrogens (tertiary/aromatic N) is 1. The molecule has 1 aromatic rings. The average molecular weight is 252 g/mol. The third-order valence-corrected chi connectivity index (χ3v) is 3.02. The van der Waals surface area contributed by atoms with Crippen LogP contribution in [0, 0.1) is 0 Å². The Morgan fingerprint density at radius 2 is 1.94 bits per heavy atom. The second-order valence-corrected chi connectivity index (χ2v) is 4.12. The molecule has 0 aliphatic carbocycles. The largest absolute Gasteiger partial charge is 0.493 e. The molecule has 4 nitrogen and oxygen atoms in total. The summed E-state index contributed by atoms with van der Waals surface area (Å²) in [5, 5.41) is 9.16. The molecule has 0 aromatic heterocycles. The Labute approximate surface area is 109 Å². The van der Waals surface area contributed by atoms with Crippen LogP contribution in [0.15, 0.2) is 18.2 Å². The van der Waals surface area contributed by atoms with Gasteiger partial charge >= 0.3 is 0 Å². The minimum absolute atomic E-state index is 0.0787. The van der Waals surface area contributed by atoms with Gasteiger partial charge in [0.05, 0.1) is 19.3 Å². The molecule has 18 heavy (non-hydrogen) atoms. The van der Waals surface area contributed by atoms with E-state index in [-0.39, 0.29) is 6.61 Å². The molecular formula is C14H24N2O2. The summed E-state index contributed by atoms with van der Waals surface area (Å²) in [6.07, 6.45) is 0. The van der Waals surface area contributed by atoms with Crippen molar-refractivity contribution in [3.8, 4) is 5.75 Å². The third kappa shape index (κ3) is 3.37. The predicted molar refractivity (Wildman–Crippen MR) is 75.2 cm³/mol. The Morgan fingerprint density at radius 1 is 1.28 bits per heavy atom. The molecule has 0 saturated heterocycles. The number of rotatable bonds is 7. The summed E-state index contributed by atoms with van der Waals surface area (Å²) in [7, 11) is 0. The van der Waals surface area contributed by atoms with Gasteiger partial charge in [-0.1, -0.05) is 6.07 Å². The molecule has 0 saturated carbocycles. The zero-order valence-electron chi connectivity index (χ0n) is 11.5. The van der Waals surface area contributed by atoms with E-state index in [9.17, 15) is 0 Å². The predicted octanol–water partition coefficient (Wildman–Crippen LogP) is 1.92. The maximum Gasteiger partial charge on any atom is 0.126 e. The monoisotopic (exact) mass is 252 g/mol. The lowest BCUT2D eigenvalue weighted by Gasteiger charge is -2.23. The maximum absolute atomic E-state index is 9.16. The molecule has 0 heterocycles. The molecule has 102 valence electrons. The highest BCUT2D eigenvalue weighted by atomic mass is 16.5. The minimum Gasteiger partial charge on any atom is -0.493 e. The second kappa shape index (κ2) is 7.24. The van der Waals surface area contributed by atoms with Crippen LogP contribution in [0.1, 0.15) is 32.4 Å². The third-order valence-electron chi connectivity index (χ3n) is 3.02. The summed E-state index contributed by atoms with van der Waals surface area (Å²) in [6.45, 7) is 8.60. The number of hydrogen-bond donors (Lipinski definition) is 2. The van der Waals surface area contributed by atoms with Crippen molar-refractivity contribution in [3.63, 3.8) is 0 Å². The minimum atomic E-state index is -0.391. The van der Waals surface area contributed by atoms with Crippen molar-refractivity contribution in [3.05, 3.63) is 23.8 Å². The van der Waals surface area contributed by atoms with Crippen molar-refractivity contribution in [2.75, 3.05) is 31.2 Å². The summed E-state index contributed by atoms with van der Waals surface area (Å²) in [5.41, 5.74) is 7.85. The fourth-order valence-electron chi connectivity index (χ4n) is 1.99. The SMILES string of the molecule is CCOc1cc(N(CC)CC)ccc1[C@H](N)CO. The number of aliphatic hydroxyl groups excluding tert-OH is 1. The van der Waals surface area contributed by atoms with E-state index in [1.807, 2.05) is 25.1 Å². The van der Waals surface area contributed by atoms with Gasteiger partial charge in [-0.15, -0.1) is 0 Å². The van der Waals surface area contributed by atoms with Crippen LogP contribution >= 0.6 is 0 Å². The molecule has 0 unspecified atom stereocenters. The molecule has 1 atom stereocenters. The van der Waals surface area contributed by atoms with Gasteiger partial charge in [-0.25, -0.2) is 0 Å². The number of hydrogen-bond acceptors (Lipinski definition) is 4. The molecule has 0 radical (unpaired) electrons. The molecule has 0 bridgehead atoms. The molecule has 3 N–H and O–H groups in total. The molecule has 0 fully saturated rings. The van der Waals surface area contributed by atoms with Crippen LogP contribution in [0.5, 0.6) is 5.75 Å². The van der Waals surface area contributed by atoms with Gasteiger partial charge in [0.1, 0.15) is 5.75 Å². The van der Waals surface area contributed by atoms with E-state index in [4.69, 9.17) is 15.6 Å². The highest BCUT2D eigenvalue weighted by molar-refractivity contribution is 5.54. The Bertz CT molecular complexity index is 365. The number of anilines is 1. The van der Waals surface area contributed by atoms with Crippen molar-refractivity contribution in [1.82, 2.24) is 0 Å². The normalized spacial score (nSPS) is 12.3. The van der Waals surface area contributed by atoms with Gasteiger partial charge in [0.25, 0.3) is 0 Å². The number of aliphatic hydroxyl groups is 1. The second-order valence-electron chi connectivity index (χ2n) is 4.12. The van der Waals surface area contributed by atoms with Crippen molar-refractivity contribution in [2.24, 2.45) is 5.73 Å². The molecule has 0 aliphatic rings. The fraction of sp³-hybridized carbons (Fsp3) is 0.571. The summed E-state index contributed by atoms with van der Waals surface area (Å²) < 4.78 is 5.62. The molecule has 1 rings (SSSR count). The van der Waals surface area contributed by atoms with E-state index >= 15 is 0 Å². The van der Waals surface area contributed by atoms with Gasteiger partial charge in [-0.2, -0.15) is 0 Å². The molecule has 4 heteroatoms. The summed E-state index contributed by atoms with van der Waals surface area (Å²) in [5.74, 6) is 0.767. The topological polar surface area (TPSA) is 58.7 Å². The quantitative estimate of drug-likeness (QED) is 0.778.